The number of nitrogens with zero attached hydrogens (tertiary/aromatic N) is 1. The molecule has 0 radical (unpaired) electrons. The van der Waals surface area contributed by atoms with Gasteiger partial charge in [-0.3, -0.25) is 23.7 Å². The van der Waals surface area contributed by atoms with Gasteiger partial charge in [0.15, 0.2) is 13.2 Å². The van der Waals surface area contributed by atoms with Crippen LogP contribution in [0.25, 0.3) is 0 Å². The number of hydrogen-bond acceptors (Lipinski definition) is 14. The fourth-order valence-electron chi connectivity index (χ4n) is 10.5. The summed E-state index contributed by atoms with van der Waals surface area (Å²) in [5.41, 5.74) is 1.25. The number of amides is 1. The van der Waals surface area contributed by atoms with Crippen LogP contribution in [0.15, 0.2) is 47.6 Å². The number of hydrogen-bond donors (Lipinski definition) is 2. The highest BCUT2D eigenvalue weighted by Gasteiger charge is 2.53. The molecule has 15 atom stereocenters. The summed E-state index contributed by atoms with van der Waals surface area (Å²) < 4.78 is 48.2. The topological polar surface area (TPSA) is 201 Å². The number of aliphatic hydroxyl groups excluding tert-OH is 1. The number of methoxy groups -OCH3 is 3. The maximum atomic E-state index is 14.5. The van der Waals surface area contributed by atoms with E-state index in [9.17, 15) is 38.8 Å². The molecule has 2 bridgehead atoms. The van der Waals surface area contributed by atoms with Crippen molar-refractivity contribution in [3.63, 3.8) is 0 Å². The Bertz CT molecular complexity index is 1940. The zero-order valence-corrected chi connectivity index (χ0v) is 44.3. The summed E-state index contributed by atoms with van der Waals surface area (Å²) in [5.74, 6) is -8.11. The van der Waals surface area contributed by atoms with Crippen LogP contribution < -0.4 is 0 Å². The second-order valence-corrected chi connectivity index (χ2v) is 23.6. The molecule has 2 saturated heterocycles. The Labute approximate surface area is 411 Å². The summed E-state index contributed by atoms with van der Waals surface area (Å²) in [6.07, 6.45) is 11.4. The first-order chi connectivity index (χ1) is 32.4. The van der Waals surface area contributed by atoms with Crippen LogP contribution in [0.3, 0.4) is 0 Å². The number of fused-ring (bicyclic) bond motifs is 3. The Morgan fingerprint density at radius 3 is 2.22 bits per heavy atom. The van der Waals surface area contributed by atoms with Crippen LogP contribution >= 0.6 is 7.37 Å². The van der Waals surface area contributed by atoms with E-state index in [0.717, 1.165) is 12.0 Å². The van der Waals surface area contributed by atoms with E-state index in [2.05, 4.69) is 0 Å². The van der Waals surface area contributed by atoms with Gasteiger partial charge in [0.25, 0.3) is 11.7 Å². The molecule has 4 rings (SSSR count). The van der Waals surface area contributed by atoms with Crippen LogP contribution in [0, 0.1) is 35.5 Å². The van der Waals surface area contributed by atoms with Gasteiger partial charge in [0, 0.05) is 71.8 Å². The fraction of sp³-hybridized carbons (Fsp3) is 0.755. The van der Waals surface area contributed by atoms with Crippen molar-refractivity contribution in [1.29, 1.82) is 0 Å². The third-order valence-electron chi connectivity index (χ3n) is 14.8. The number of aliphatic hydroxyl groups is 2. The first-order valence-electron chi connectivity index (χ1n) is 25.2. The zero-order chi connectivity index (χ0) is 51.4. The predicted molar refractivity (Wildman–Crippen MR) is 263 cm³/mol. The van der Waals surface area contributed by atoms with Crippen molar-refractivity contribution >= 4 is 36.6 Å². The Kier molecular flexibility index (Phi) is 22.5. The molecular formula is C53H84NO14P. The van der Waals surface area contributed by atoms with Gasteiger partial charge in [-0.25, -0.2) is 4.79 Å². The summed E-state index contributed by atoms with van der Waals surface area (Å²) in [6, 6.07) is -1.16. The van der Waals surface area contributed by atoms with E-state index >= 15 is 0 Å². The third kappa shape index (κ3) is 16.2. The van der Waals surface area contributed by atoms with Crippen molar-refractivity contribution in [3.8, 4) is 0 Å². The number of allylic oxidation sites excluding steroid dienone is 6. The predicted octanol–water partition coefficient (Wildman–Crippen LogP) is 7.74. The second-order valence-electron chi connectivity index (χ2n) is 20.9. The average molecular weight is 990 g/mol. The molecule has 15 nitrogen and oxygen atoms in total. The van der Waals surface area contributed by atoms with E-state index in [-0.39, 0.29) is 60.9 Å². The maximum absolute atomic E-state index is 14.5. The number of rotatable bonds is 8. The second kappa shape index (κ2) is 26.5. The first kappa shape index (κ1) is 58.4. The van der Waals surface area contributed by atoms with Crippen LogP contribution in [0.2, 0.25) is 0 Å². The quantitative estimate of drug-likeness (QED) is 0.104. The van der Waals surface area contributed by atoms with Crippen LogP contribution in [-0.4, -0.2) is 140 Å². The lowest BCUT2D eigenvalue weighted by atomic mass is 9.78. The lowest BCUT2D eigenvalue weighted by Gasteiger charge is -2.42. The lowest BCUT2D eigenvalue weighted by Crippen LogP contribution is -2.61. The van der Waals surface area contributed by atoms with Crippen molar-refractivity contribution in [2.45, 2.75) is 180 Å². The van der Waals surface area contributed by atoms with Gasteiger partial charge in [-0.15, -0.1) is 0 Å². The van der Waals surface area contributed by atoms with Gasteiger partial charge in [0.1, 0.15) is 30.1 Å². The number of piperidine rings is 1. The number of carbonyl (C=O) groups is 5. The van der Waals surface area contributed by atoms with Crippen LogP contribution in [0.4, 0.5) is 0 Å². The van der Waals surface area contributed by atoms with Gasteiger partial charge in [-0.1, -0.05) is 71.1 Å². The Balaban J connectivity index is 1.70. The highest BCUT2D eigenvalue weighted by atomic mass is 31.2. The minimum atomic E-state index is -2.79. The first-order valence-corrected chi connectivity index (χ1v) is 27.7. The van der Waals surface area contributed by atoms with Gasteiger partial charge in [0.2, 0.25) is 5.79 Å². The van der Waals surface area contributed by atoms with E-state index in [0.29, 0.717) is 63.4 Å². The summed E-state index contributed by atoms with van der Waals surface area (Å²) in [5, 5.41) is 23.5. The van der Waals surface area contributed by atoms with E-state index < -0.39 is 85.1 Å². The molecule has 1 unspecified atom stereocenters. The zero-order valence-electron chi connectivity index (χ0n) is 43.4. The number of esters is 1. The molecule has 2 N–H and O–H groups in total. The van der Waals surface area contributed by atoms with Gasteiger partial charge >= 0.3 is 5.97 Å². The molecule has 16 heteroatoms. The van der Waals surface area contributed by atoms with Crippen molar-refractivity contribution in [2.75, 3.05) is 41.2 Å². The molecule has 4 aliphatic rings. The number of Topliss-reactive ketones (excluding diaryl/α,β-unsaturated/α-hetero) is 3. The third-order valence-corrected chi connectivity index (χ3v) is 15.6. The Morgan fingerprint density at radius 2 is 1.57 bits per heavy atom. The van der Waals surface area contributed by atoms with Crippen LogP contribution in [0.1, 0.15) is 126 Å². The Hall–Kier alpha value is -3.14. The van der Waals surface area contributed by atoms with Crippen molar-refractivity contribution in [1.82, 2.24) is 4.90 Å². The fourth-order valence-corrected chi connectivity index (χ4v) is 11.4. The molecule has 69 heavy (non-hydrogen) atoms. The average Bonchev–Trinajstić information content (AvgIpc) is 3.30. The summed E-state index contributed by atoms with van der Waals surface area (Å²) >= 11 is 0. The smallest absolute Gasteiger partial charge is 0.329 e. The van der Waals surface area contributed by atoms with Crippen LogP contribution in [0.5, 0.6) is 0 Å². The molecular weight excluding hydrogens is 906 g/mol. The number of ether oxygens (including phenoxy) is 5. The maximum Gasteiger partial charge on any atom is 0.329 e. The molecule has 0 spiro atoms. The molecule has 390 valence electrons. The normalized spacial score (nSPS) is 37.8. The van der Waals surface area contributed by atoms with E-state index in [1.54, 1.807) is 54.4 Å². The number of cyclic esters (lactones) is 1. The standard InChI is InChI=1S/C53H84NO14P/c1-32-18-14-13-15-19-33(2)44(63-8)30-40-23-21-38(7)53(61,67-40)50(58)51(59)54-25-17-16-20-41(54)52(60)66-45(35(4)28-39-22-24-43(46(29-39)64-9)68-69(11,12)62)31-42(55)34(3)27-37(6)48(57)49(65-10)47(56)36(5)26-32/h13-15,18-19,27,32,34-36,38-41,43-46,48-49,57,61H,16-17,20-26,28-31H2,1-12H3/b15-13?,18-14+,33-19?,37-27+/t32-,34-,35-,36-,38-,39+,40+,41+,43-,44+,45?,46-,48-,49+,53-/m1/s1. The van der Waals surface area contributed by atoms with Gasteiger partial charge < -0.3 is 43.3 Å². The Morgan fingerprint density at radius 1 is 0.855 bits per heavy atom. The number of carbonyl (C=O) groups excluding carboxylic acids is 5. The largest absolute Gasteiger partial charge is 0.460 e. The van der Waals surface area contributed by atoms with E-state index in [4.69, 9.17) is 28.2 Å². The lowest BCUT2D eigenvalue weighted by molar-refractivity contribution is -0.265. The molecule has 0 aromatic carbocycles. The minimum absolute atomic E-state index is 0.0117. The van der Waals surface area contributed by atoms with Gasteiger partial charge in [-0.05, 0) is 107 Å². The molecule has 3 fully saturated rings. The van der Waals surface area contributed by atoms with Crippen molar-refractivity contribution in [2.24, 2.45) is 35.5 Å². The van der Waals surface area contributed by atoms with E-state index in [1.807, 2.05) is 58.1 Å². The summed E-state index contributed by atoms with van der Waals surface area (Å²) in [6.45, 7) is 15.9. The monoisotopic (exact) mass is 990 g/mol. The SMILES string of the molecule is CO[C@H]1C[C@@H]2CC[C@@H](C)[C@@](O)(O2)C(=O)C(=O)N2CCCC[C@H]2C(=O)OC([C@H](C)C[C@@H]2CC[C@@H](OP(C)(C)=O)[C@H](OC)C2)CC(=O)[C@H](C)/C=C(\C)[C@@H](O)[C@@H](OC)C(=O)[C@H](C)C[C@H](C)/C=C/C=CC=C1C. The van der Waals surface area contributed by atoms with Crippen LogP contribution in [-0.2, 0) is 56.7 Å². The molecule has 3 heterocycles. The summed E-state index contributed by atoms with van der Waals surface area (Å²) in [7, 11) is 1.76. The molecule has 1 amide bonds. The van der Waals surface area contributed by atoms with Crippen molar-refractivity contribution in [3.05, 3.63) is 47.6 Å². The van der Waals surface area contributed by atoms with Crippen molar-refractivity contribution < 1.29 is 67.0 Å². The molecule has 0 aromatic rings. The van der Waals surface area contributed by atoms with Gasteiger partial charge in [0.05, 0.1) is 24.4 Å². The molecule has 3 aliphatic heterocycles. The molecule has 1 saturated carbocycles. The summed E-state index contributed by atoms with van der Waals surface area (Å²) in [4.78, 5) is 72.2. The highest BCUT2D eigenvalue weighted by Crippen LogP contribution is 2.45. The number of ketones is 3. The van der Waals surface area contributed by atoms with E-state index in [1.165, 1.54) is 12.0 Å². The van der Waals surface area contributed by atoms with Gasteiger partial charge in [-0.2, -0.15) is 0 Å². The minimum Gasteiger partial charge on any atom is -0.460 e. The molecule has 1 aliphatic carbocycles. The highest BCUT2D eigenvalue weighted by molar-refractivity contribution is 7.57. The molecule has 0 aromatic heterocycles.